The first-order chi connectivity index (χ1) is 12.5. The van der Waals surface area contributed by atoms with E-state index in [2.05, 4.69) is 10.3 Å². The zero-order valence-electron chi connectivity index (χ0n) is 14.0. The molecule has 1 saturated heterocycles. The minimum absolute atomic E-state index is 0.0442. The summed E-state index contributed by atoms with van der Waals surface area (Å²) in [6, 6.07) is 10.4. The fourth-order valence-corrected chi connectivity index (χ4v) is 3.01. The van der Waals surface area contributed by atoms with Crippen LogP contribution in [0.1, 0.15) is 5.56 Å². The van der Waals surface area contributed by atoms with Crippen molar-refractivity contribution in [3.05, 3.63) is 58.3 Å². The van der Waals surface area contributed by atoms with Crippen molar-refractivity contribution >= 4 is 40.8 Å². The Labute approximate surface area is 161 Å². The van der Waals surface area contributed by atoms with Crippen LogP contribution in [0.15, 0.2) is 42.6 Å². The summed E-state index contributed by atoms with van der Waals surface area (Å²) in [6.45, 7) is 1.94. The van der Waals surface area contributed by atoms with Crippen molar-refractivity contribution < 1.29 is 9.59 Å². The number of nitrogens with zero attached hydrogens (tertiary/aromatic N) is 3. The Kier molecular flexibility index (Phi) is 5.96. The number of carbonyl (C=O) groups is 2. The van der Waals surface area contributed by atoms with Gasteiger partial charge in [-0.15, -0.1) is 0 Å². The van der Waals surface area contributed by atoms with Gasteiger partial charge in [0.25, 0.3) is 0 Å². The van der Waals surface area contributed by atoms with Crippen molar-refractivity contribution in [3.63, 3.8) is 0 Å². The Morgan fingerprint density at radius 3 is 2.31 bits per heavy atom. The Balaban J connectivity index is 1.50. The molecule has 2 heterocycles. The number of rotatable bonds is 3. The first kappa shape index (κ1) is 18.5. The summed E-state index contributed by atoms with van der Waals surface area (Å²) in [4.78, 5) is 32.1. The molecular weight excluding hydrogens is 375 g/mol. The van der Waals surface area contributed by atoms with Crippen LogP contribution in [0.3, 0.4) is 0 Å². The zero-order valence-corrected chi connectivity index (χ0v) is 15.5. The standard InChI is InChI=1S/C18H18Cl2N4O2/c19-14-5-3-13(4-6-14)12-16(25)23-8-10-24(11-9-23)18(26)22-15-2-1-7-21-17(15)20/h1-7H,8-12H2,(H,22,26). The summed E-state index contributed by atoms with van der Waals surface area (Å²) >= 11 is 11.8. The van der Waals surface area contributed by atoms with Crippen LogP contribution >= 0.6 is 23.2 Å². The lowest BCUT2D eigenvalue weighted by Gasteiger charge is -2.34. The molecular formula is C18H18Cl2N4O2. The van der Waals surface area contributed by atoms with Crippen molar-refractivity contribution in [3.8, 4) is 0 Å². The molecule has 0 atom stereocenters. The van der Waals surface area contributed by atoms with Gasteiger partial charge in [-0.25, -0.2) is 9.78 Å². The summed E-state index contributed by atoms with van der Waals surface area (Å²) in [5, 5.41) is 3.64. The van der Waals surface area contributed by atoms with Gasteiger partial charge in [0, 0.05) is 37.4 Å². The number of amides is 3. The number of hydrogen-bond acceptors (Lipinski definition) is 3. The number of piperazine rings is 1. The lowest BCUT2D eigenvalue weighted by Crippen LogP contribution is -2.52. The lowest BCUT2D eigenvalue weighted by atomic mass is 10.1. The molecule has 3 rings (SSSR count). The molecule has 26 heavy (non-hydrogen) atoms. The average molecular weight is 393 g/mol. The number of pyridine rings is 1. The number of hydrogen-bond donors (Lipinski definition) is 1. The van der Waals surface area contributed by atoms with Crippen LogP contribution in [-0.2, 0) is 11.2 Å². The van der Waals surface area contributed by atoms with Gasteiger partial charge in [0.2, 0.25) is 5.91 Å². The number of carbonyl (C=O) groups excluding carboxylic acids is 2. The fourth-order valence-electron chi connectivity index (χ4n) is 2.72. The van der Waals surface area contributed by atoms with Gasteiger partial charge in [0.15, 0.2) is 5.15 Å². The molecule has 1 N–H and O–H groups in total. The maximum atomic E-state index is 12.4. The smallest absolute Gasteiger partial charge is 0.322 e. The van der Waals surface area contributed by atoms with Gasteiger partial charge in [-0.2, -0.15) is 0 Å². The van der Waals surface area contributed by atoms with Crippen molar-refractivity contribution in [2.24, 2.45) is 0 Å². The Hall–Kier alpha value is -2.31. The minimum atomic E-state index is -0.246. The van der Waals surface area contributed by atoms with Gasteiger partial charge in [-0.05, 0) is 29.8 Å². The van der Waals surface area contributed by atoms with Crippen LogP contribution in [0.2, 0.25) is 10.2 Å². The normalized spacial score (nSPS) is 14.2. The second-order valence-electron chi connectivity index (χ2n) is 5.94. The molecule has 1 aliphatic rings. The van der Waals surface area contributed by atoms with Gasteiger partial charge in [-0.3, -0.25) is 4.79 Å². The van der Waals surface area contributed by atoms with E-state index in [0.717, 1.165) is 5.56 Å². The highest BCUT2D eigenvalue weighted by Crippen LogP contribution is 2.18. The van der Waals surface area contributed by atoms with Crippen molar-refractivity contribution in [1.82, 2.24) is 14.8 Å². The molecule has 1 aliphatic heterocycles. The van der Waals surface area contributed by atoms with Gasteiger partial charge in [0.05, 0.1) is 12.1 Å². The highest BCUT2D eigenvalue weighted by Gasteiger charge is 2.24. The topological polar surface area (TPSA) is 65.5 Å². The zero-order chi connectivity index (χ0) is 18.5. The fraction of sp³-hybridized carbons (Fsp3) is 0.278. The third-order valence-electron chi connectivity index (χ3n) is 4.19. The van der Waals surface area contributed by atoms with E-state index in [4.69, 9.17) is 23.2 Å². The van der Waals surface area contributed by atoms with E-state index in [-0.39, 0.29) is 17.1 Å². The molecule has 0 spiro atoms. The Morgan fingerprint density at radius 1 is 1.00 bits per heavy atom. The predicted molar refractivity (Wildman–Crippen MR) is 102 cm³/mol. The summed E-state index contributed by atoms with van der Waals surface area (Å²) in [7, 11) is 0. The maximum absolute atomic E-state index is 12.4. The minimum Gasteiger partial charge on any atom is -0.339 e. The molecule has 1 aromatic carbocycles. The molecule has 6 nitrogen and oxygen atoms in total. The molecule has 1 aromatic heterocycles. The summed E-state index contributed by atoms with van der Waals surface area (Å²) < 4.78 is 0. The molecule has 0 bridgehead atoms. The number of anilines is 1. The number of nitrogens with one attached hydrogen (secondary N) is 1. The molecule has 136 valence electrons. The Morgan fingerprint density at radius 2 is 1.65 bits per heavy atom. The third-order valence-corrected chi connectivity index (χ3v) is 4.74. The van der Waals surface area contributed by atoms with Crippen LogP contribution in [0.4, 0.5) is 10.5 Å². The molecule has 3 amide bonds. The van der Waals surface area contributed by atoms with Crippen LogP contribution in [0, 0.1) is 0 Å². The molecule has 0 saturated carbocycles. The van der Waals surface area contributed by atoms with Gasteiger partial charge < -0.3 is 15.1 Å². The van der Waals surface area contributed by atoms with E-state index in [1.54, 1.807) is 40.3 Å². The third kappa shape index (κ3) is 4.65. The van der Waals surface area contributed by atoms with Crippen LogP contribution in [0.5, 0.6) is 0 Å². The number of aromatic nitrogens is 1. The number of benzene rings is 1. The summed E-state index contributed by atoms with van der Waals surface area (Å²) in [5.74, 6) is 0.0442. The van der Waals surface area contributed by atoms with E-state index >= 15 is 0 Å². The molecule has 0 radical (unpaired) electrons. The average Bonchev–Trinajstić information content (AvgIpc) is 2.65. The van der Waals surface area contributed by atoms with Crippen LogP contribution < -0.4 is 5.32 Å². The predicted octanol–water partition coefficient (Wildman–Crippen LogP) is 3.31. The van der Waals surface area contributed by atoms with Gasteiger partial charge >= 0.3 is 6.03 Å². The van der Waals surface area contributed by atoms with E-state index in [1.165, 1.54) is 0 Å². The maximum Gasteiger partial charge on any atom is 0.322 e. The van der Waals surface area contributed by atoms with Crippen molar-refractivity contribution in [2.75, 3.05) is 31.5 Å². The van der Waals surface area contributed by atoms with E-state index < -0.39 is 0 Å². The first-order valence-electron chi connectivity index (χ1n) is 8.21. The largest absolute Gasteiger partial charge is 0.339 e. The van der Waals surface area contributed by atoms with Crippen LogP contribution in [-0.4, -0.2) is 52.9 Å². The van der Waals surface area contributed by atoms with E-state index in [1.807, 2.05) is 12.1 Å². The second-order valence-corrected chi connectivity index (χ2v) is 6.74. The monoisotopic (exact) mass is 392 g/mol. The SMILES string of the molecule is O=C(Cc1ccc(Cl)cc1)N1CCN(C(=O)Nc2cccnc2Cl)CC1. The summed E-state index contributed by atoms with van der Waals surface area (Å²) in [5.41, 5.74) is 1.39. The quantitative estimate of drug-likeness (QED) is 0.814. The number of urea groups is 1. The van der Waals surface area contributed by atoms with Crippen molar-refractivity contribution in [1.29, 1.82) is 0 Å². The lowest BCUT2D eigenvalue weighted by molar-refractivity contribution is -0.131. The van der Waals surface area contributed by atoms with Crippen LogP contribution in [0.25, 0.3) is 0 Å². The molecule has 2 aromatic rings. The second kappa shape index (κ2) is 8.38. The number of halogens is 2. The molecule has 0 unspecified atom stereocenters. The highest BCUT2D eigenvalue weighted by atomic mass is 35.5. The first-order valence-corrected chi connectivity index (χ1v) is 8.97. The molecule has 0 aliphatic carbocycles. The van der Waals surface area contributed by atoms with Gasteiger partial charge in [0.1, 0.15) is 0 Å². The van der Waals surface area contributed by atoms with E-state index in [0.29, 0.717) is 43.3 Å². The molecule has 1 fully saturated rings. The summed E-state index contributed by atoms with van der Waals surface area (Å²) in [6.07, 6.45) is 1.89. The highest BCUT2D eigenvalue weighted by molar-refractivity contribution is 6.32. The Bertz CT molecular complexity index is 790. The molecule has 8 heteroatoms. The van der Waals surface area contributed by atoms with E-state index in [9.17, 15) is 9.59 Å². The van der Waals surface area contributed by atoms with Crippen molar-refractivity contribution in [2.45, 2.75) is 6.42 Å². The van der Waals surface area contributed by atoms with Gasteiger partial charge in [-0.1, -0.05) is 35.3 Å².